The van der Waals surface area contributed by atoms with E-state index >= 15 is 0 Å². The molecule has 4 rings (SSSR count). The van der Waals surface area contributed by atoms with Gasteiger partial charge in [0.15, 0.2) is 5.84 Å². The Bertz CT molecular complexity index is 2010. The first-order valence-electron chi connectivity index (χ1n) is 11.6. The third kappa shape index (κ3) is 8.28. The fourth-order valence-electron chi connectivity index (χ4n) is 3.83. The van der Waals surface area contributed by atoms with Gasteiger partial charge in [0.1, 0.15) is 5.82 Å². The minimum atomic E-state index is -4.56. The maximum atomic E-state index is 13.5. The van der Waals surface area contributed by atoms with Crippen LogP contribution in [0.2, 0.25) is 0 Å². The van der Waals surface area contributed by atoms with Crippen LogP contribution in [0.5, 0.6) is 0 Å². The number of aromatic nitrogens is 2. The molecular formula is C23H20K2N8O10S2. The van der Waals surface area contributed by atoms with Gasteiger partial charge in [0, 0.05) is 14.1 Å². The zero-order valence-corrected chi connectivity index (χ0v) is 31.8. The number of hydrogen-bond donors (Lipinski definition) is 5. The smallest absolute Gasteiger partial charge is 0.846 e. The minimum absolute atomic E-state index is 0. The van der Waals surface area contributed by atoms with E-state index in [4.69, 9.17) is 10.8 Å². The number of amides is 1. The average Bonchev–Trinajstić information content (AvgIpc) is 3.43. The second kappa shape index (κ2) is 14.8. The Morgan fingerprint density at radius 1 is 0.844 bits per heavy atom. The van der Waals surface area contributed by atoms with Gasteiger partial charge in [-0.1, -0.05) is 0 Å². The number of aromatic amines is 1. The van der Waals surface area contributed by atoms with Crippen molar-refractivity contribution in [3.63, 3.8) is 0 Å². The quantitative estimate of drug-likeness (QED) is 0.0525. The Hall–Kier alpha value is -2.04. The summed E-state index contributed by atoms with van der Waals surface area (Å²) in [5.74, 6) is -1.64. The zero-order valence-electron chi connectivity index (χ0n) is 23.9. The van der Waals surface area contributed by atoms with Crippen molar-refractivity contribution < 1.29 is 144 Å². The van der Waals surface area contributed by atoms with Gasteiger partial charge in [0.05, 0.1) is 44.3 Å². The number of hydrazone groups is 1. The number of likely N-dealkylation sites (N-methyl/N-ethyl adjacent to an activating group) is 1. The number of nitrogens with zero attached hydrogens (tertiary/aromatic N) is 5. The Kier molecular flexibility index (Phi) is 12.9. The van der Waals surface area contributed by atoms with Crippen LogP contribution in [0.15, 0.2) is 73.8 Å². The maximum Gasteiger partial charge on any atom is 1.00 e. The normalized spacial score (nSPS) is 14.0. The van der Waals surface area contributed by atoms with Gasteiger partial charge in [-0.2, -0.15) is 21.8 Å². The fraction of sp³-hybridized carbons (Fsp3) is 0.0870. The van der Waals surface area contributed by atoms with Crippen LogP contribution >= 0.6 is 0 Å². The second-order valence-corrected chi connectivity index (χ2v) is 11.6. The molecule has 3 aromatic rings. The van der Waals surface area contributed by atoms with Gasteiger partial charge in [-0.25, -0.2) is 4.68 Å². The summed E-state index contributed by atoms with van der Waals surface area (Å²) in [5, 5.41) is 46.2. The van der Waals surface area contributed by atoms with Gasteiger partial charge in [-0.3, -0.25) is 34.6 Å². The first kappa shape index (κ1) is 39.1. The molecule has 1 amide bonds. The molecule has 0 unspecified atom stereocenters. The van der Waals surface area contributed by atoms with Crippen LogP contribution in [-0.2, 0) is 25.0 Å². The number of H-pyrrole nitrogens is 1. The minimum Gasteiger partial charge on any atom is -0.846 e. The summed E-state index contributed by atoms with van der Waals surface area (Å²) in [6, 6.07) is 5.96. The van der Waals surface area contributed by atoms with E-state index in [1.54, 1.807) is 0 Å². The van der Waals surface area contributed by atoms with Gasteiger partial charge in [0.2, 0.25) is 0 Å². The summed E-state index contributed by atoms with van der Waals surface area (Å²) in [4.78, 5) is 27.5. The summed E-state index contributed by atoms with van der Waals surface area (Å²) < 4.78 is 64.9. The van der Waals surface area contributed by atoms with Gasteiger partial charge < -0.3 is 20.0 Å². The van der Waals surface area contributed by atoms with E-state index in [1.807, 2.05) is 0 Å². The molecule has 45 heavy (non-hydrogen) atoms. The number of hydrogen-bond acceptors (Lipinski definition) is 11. The van der Waals surface area contributed by atoms with Crippen LogP contribution < -0.4 is 128 Å². The van der Waals surface area contributed by atoms with Crippen molar-refractivity contribution in [1.82, 2.24) is 14.7 Å². The molecule has 2 aromatic carbocycles. The van der Waals surface area contributed by atoms with Crippen LogP contribution in [-0.4, -0.2) is 78.5 Å². The van der Waals surface area contributed by atoms with Gasteiger partial charge in [-0.05, 0) is 54.6 Å². The Labute approximate surface area is 340 Å². The van der Waals surface area contributed by atoms with Gasteiger partial charge in [0.25, 0.3) is 31.7 Å². The number of carbonyl (C=O) groups is 1. The largest absolute Gasteiger partial charge is 1.00 e. The summed E-state index contributed by atoms with van der Waals surface area (Å²) in [6.07, 6.45) is 0.962. The molecule has 1 aliphatic rings. The number of rotatable bonds is 6. The van der Waals surface area contributed by atoms with E-state index < -0.39 is 64.9 Å². The van der Waals surface area contributed by atoms with Crippen molar-refractivity contribution >= 4 is 61.6 Å². The molecule has 22 heteroatoms. The molecule has 0 fully saturated rings. The molecule has 0 spiro atoms. The van der Waals surface area contributed by atoms with Crippen molar-refractivity contribution in [2.45, 2.75) is 9.79 Å². The molecule has 2 heterocycles. The Morgan fingerprint density at radius 2 is 1.29 bits per heavy atom. The van der Waals surface area contributed by atoms with Crippen molar-refractivity contribution in [2.75, 3.05) is 24.0 Å². The molecule has 0 radical (unpaired) electrons. The number of benzene rings is 2. The number of carbonyl (C=O) groups excluding carboxylic acids is 1. The first-order chi connectivity index (χ1) is 19.9. The monoisotopic (exact) mass is 710 g/mol. The topological polar surface area (TPSA) is 280 Å². The first-order valence-corrected chi connectivity index (χ1v) is 14.4. The standard InChI is InChI=1S/C23H22N8O10S2.2K/c1-28(22(24)34)18-16(20(32)30(26-18)12-3-7-14(8-4-12)42(36,37)38)11-17-19(29(2)23(25)35)27-31(21(17)33)13-5-9-15(10-6-13)43(39,40)41;;/h3-11,26H,1-2H3,(H2,24,34)(H2,25,35)(H,36,37,38)(H,39,40,41);;/q;2*+1/p-2/b17-11-;;. The zero-order chi connectivity index (χ0) is 32.0. The van der Waals surface area contributed by atoms with Crippen molar-refractivity contribution in [3.05, 3.63) is 70.0 Å². The van der Waals surface area contributed by atoms with Crippen LogP contribution in [0.25, 0.3) is 11.8 Å². The maximum absolute atomic E-state index is 13.5. The third-order valence-corrected chi connectivity index (χ3v) is 7.82. The second-order valence-electron chi connectivity index (χ2n) is 8.78. The van der Waals surface area contributed by atoms with E-state index in [2.05, 4.69) is 10.2 Å². The van der Waals surface area contributed by atoms with E-state index in [0.29, 0.717) is 4.90 Å². The molecule has 0 aliphatic carbocycles. The van der Waals surface area contributed by atoms with Crippen LogP contribution in [0.4, 0.5) is 11.5 Å². The van der Waals surface area contributed by atoms with Crippen molar-refractivity contribution in [2.24, 2.45) is 5.10 Å². The van der Waals surface area contributed by atoms with Gasteiger partial charge in [-0.15, -0.1) is 5.10 Å². The number of nitrogens with one attached hydrogen (secondary N) is 3. The Balaban J connectivity index is 0.00000353. The van der Waals surface area contributed by atoms with Crippen LogP contribution in [0, 0.1) is 10.8 Å². The molecule has 0 atom stereocenters. The average molecular weight is 711 g/mol. The van der Waals surface area contributed by atoms with Crippen molar-refractivity contribution in [1.29, 1.82) is 10.8 Å². The predicted octanol–water partition coefficient (Wildman–Crippen LogP) is -7.63. The SMILES string of the molecule is CN(C(=N)[O-])C1=NN(c2ccc(S(=O)(=O)O)cc2)C(=O)/C1=C\c1c(N(C)C(=N)[O-])[nH]n(-c2ccc(S(=O)(=O)O)cc2)c1=O.[K+].[K+]. The molecule has 0 bridgehead atoms. The molecular weight excluding hydrogens is 691 g/mol. The van der Waals surface area contributed by atoms with E-state index in [0.717, 1.165) is 83.3 Å². The van der Waals surface area contributed by atoms with E-state index in [-0.39, 0.29) is 126 Å². The van der Waals surface area contributed by atoms with Crippen LogP contribution in [0.1, 0.15) is 5.56 Å². The summed E-state index contributed by atoms with van der Waals surface area (Å²) in [6.45, 7) is 0. The summed E-state index contributed by atoms with van der Waals surface area (Å²) in [5.41, 5.74) is -1.70. The number of amidine groups is 3. The third-order valence-electron chi connectivity index (χ3n) is 6.09. The molecule has 226 valence electrons. The molecule has 1 aliphatic heterocycles. The van der Waals surface area contributed by atoms with E-state index in [1.165, 1.54) is 0 Å². The molecule has 1 aromatic heterocycles. The van der Waals surface area contributed by atoms with Gasteiger partial charge >= 0.3 is 103 Å². The van der Waals surface area contributed by atoms with Crippen molar-refractivity contribution in [3.8, 4) is 5.69 Å². The molecule has 18 nitrogen and oxygen atoms in total. The molecule has 5 N–H and O–H groups in total. The fourth-order valence-corrected chi connectivity index (χ4v) is 4.79. The summed E-state index contributed by atoms with van der Waals surface area (Å²) in [7, 11) is -6.85. The van der Waals surface area contributed by atoms with Crippen LogP contribution in [0.3, 0.4) is 0 Å². The summed E-state index contributed by atoms with van der Waals surface area (Å²) >= 11 is 0. The Morgan fingerprint density at radius 3 is 1.71 bits per heavy atom. The molecule has 0 saturated carbocycles. The van der Waals surface area contributed by atoms with E-state index in [9.17, 15) is 45.7 Å². The predicted molar refractivity (Wildman–Crippen MR) is 147 cm³/mol. The number of anilines is 2. The molecule has 0 saturated heterocycles.